The van der Waals surface area contributed by atoms with Gasteiger partial charge in [0.1, 0.15) is 0 Å². The third kappa shape index (κ3) is 3.70. The first-order valence-electron chi connectivity index (χ1n) is 5.87. The zero-order valence-corrected chi connectivity index (χ0v) is 10.9. The van der Waals surface area contributed by atoms with Gasteiger partial charge in [-0.05, 0) is 24.6 Å². The molecule has 1 aliphatic rings. The summed E-state index contributed by atoms with van der Waals surface area (Å²) < 4.78 is 62.0. The molecule has 1 unspecified atom stereocenters. The normalized spacial score (nSPS) is 20.1. The number of hydrogen-bond acceptors (Lipinski definition) is 3. The van der Waals surface area contributed by atoms with Gasteiger partial charge in [-0.25, -0.2) is 8.42 Å². The van der Waals surface area contributed by atoms with Crippen LogP contribution in [0.2, 0.25) is 0 Å². The van der Waals surface area contributed by atoms with Crippen LogP contribution in [-0.4, -0.2) is 26.8 Å². The Balaban J connectivity index is 2.18. The minimum atomic E-state index is -4.53. The maximum atomic E-state index is 12.8. The predicted molar refractivity (Wildman–Crippen MR) is 65.3 cm³/mol. The molecule has 1 heterocycles. The molecule has 1 aliphatic heterocycles. The molecule has 1 N–H and O–H groups in total. The van der Waals surface area contributed by atoms with Crippen molar-refractivity contribution in [2.45, 2.75) is 24.4 Å². The zero-order chi connectivity index (χ0) is 14.1. The van der Waals surface area contributed by atoms with Crippen LogP contribution in [0.3, 0.4) is 0 Å². The average molecular weight is 293 g/mol. The molecule has 1 aromatic rings. The molecule has 0 bridgehead atoms. The van der Waals surface area contributed by atoms with Gasteiger partial charge in [-0.3, -0.25) is 0 Å². The van der Waals surface area contributed by atoms with E-state index in [0.29, 0.717) is 0 Å². The van der Waals surface area contributed by atoms with Gasteiger partial charge in [0.05, 0.1) is 17.1 Å². The minimum absolute atomic E-state index is 0.112. The second kappa shape index (κ2) is 5.13. The van der Waals surface area contributed by atoms with Crippen LogP contribution in [0.4, 0.5) is 13.2 Å². The van der Waals surface area contributed by atoms with Gasteiger partial charge in [0.25, 0.3) is 0 Å². The van der Waals surface area contributed by atoms with Crippen molar-refractivity contribution in [3.05, 3.63) is 35.4 Å². The van der Waals surface area contributed by atoms with E-state index in [1.165, 1.54) is 18.2 Å². The fraction of sp³-hybridized carbons (Fsp3) is 0.500. The third-order valence-electron chi connectivity index (χ3n) is 3.08. The van der Waals surface area contributed by atoms with Crippen LogP contribution in [-0.2, 0) is 21.8 Å². The number of benzene rings is 1. The Morgan fingerprint density at radius 3 is 2.42 bits per heavy atom. The van der Waals surface area contributed by atoms with Crippen molar-refractivity contribution in [3.8, 4) is 0 Å². The number of rotatable bonds is 4. The fourth-order valence-electron chi connectivity index (χ4n) is 2.02. The van der Waals surface area contributed by atoms with Crippen molar-refractivity contribution in [1.29, 1.82) is 0 Å². The SMILES string of the molecule is O=S(=O)(Cc1ccccc1C(F)(F)F)CC1CCN1. The summed E-state index contributed by atoms with van der Waals surface area (Å²) in [5.41, 5.74) is -1.06. The summed E-state index contributed by atoms with van der Waals surface area (Å²) in [5.74, 6) is -0.681. The summed E-state index contributed by atoms with van der Waals surface area (Å²) in [6.07, 6.45) is -3.78. The standard InChI is InChI=1S/C12H14F3NO2S/c13-12(14,15)11-4-2-1-3-9(11)7-19(17,18)8-10-5-6-16-10/h1-4,10,16H,5-8H2. The van der Waals surface area contributed by atoms with Gasteiger partial charge in [0.15, 0.2) is 9.84 Å². The van der Waals surface area contributed by atoms with Crippen LogP contribution in [0.25, 0.3) is 0 Å². The van der Waals surface area contributed by atoms with E-state index < -0.39 is 27.3 Å². The summed E-state index contributed by atoms with van der Waals surface area (Å²) in [5, 5.41) is 2.93. The second-order valence-corrected chi connectivity index (χ2v) is 6.76. The molecule has 2 rings (SSSR count). The molecule has 1 fully saturated rings. The first kappa shape index (κ1) is 14.3. The Morgan fingerprint density at radius 2 is 1.89 bits per heavy atom. The highest BCUT2D eigenvalue weighted by molar-refractivity contribution is 7.90. The summed E-state index contributed by atoms with van der Waals surface area (Å²) in [4.78, 5) is 0. The van der Waals surface area contributed by atoms with E-state index in [2.05, 4.69) is 5.32 Å². The lowest BCUT2D eigenvalue weighted by atomic mass is 10.1. The van der Waals surface area contributed by atoms with E-state index in [1.807, 2.05) is 0 Å². The maximum absolute atomic E-state index is 12.8. The Bertz CT molecular complexity index is 550. The monoisotopic (exact) mass is 293 g/mol. The van der Waals surface area contributed by atoms with Crippen LogP contribution in [0.15, 0.2) is 24.3 Å². The Morgan fingerprint density at radius 1 is 1.26 bits per heavy atom. The lowest BCUT2D eigenvalue weighted by Crippen LogP contribution is -2.47. The van der Waals surface area contributed by atoms with E-state index >= 15 is 0 Å². The molecular formula is C12H14F3NO2S. The molecular weight excluding hydrogens is 279 g/mol. The molecule has 0 aliphatic carbocycles. The summed E-state index contributed by atoms with van der Waals surface area (Å²) in [6.45, 7) is 0.763. The molecule has 7 heteroatoms. The van der Waals surface area contributed by atoms with Crippen LogP contribution >= 0.6 is 0 Å². The van der Waals surface area contributed by atoms with Gasteiger partial charge in [0, 0.05) is 6.04 Å². The van der Waals surface area contributed by atoms with E-state index in [9.17, 15) is 21.6 Å². The van der Waals surface area contributed by atoms with E-state index in [4.69, 9.17) is 0 Å². The van der Waals surface area contributed by atoms with Gasteiger partial charge in [-0.1, -0.05) is 18.2 Å². The number of nitrogens with one attached hydrogen (secondary N) is 1. The smallest absolute Gasteiger partial charge is 0.313 e. The highest BCUT2D eigenvalue weighted by atomic mass is 32.2. The lowest BCUT2D eigenvalue weighted by Gasteiger charge is -2.27. The van der Waals surface area contributed by atoms with Crippen LogP contribution < -0.4 is 5.32 Å². The number of halogens is 3. The first-order chi connectivity index (χ1) is 8.78. The molecule has 0 saturated carbocycles. The van der Waals surface area contributed by atoms with Gasteiger partial charge < -0.3 is 5.32 Å². The summed E-state index contributed by atoms with van der Waals surface area (Å²) in [7, 11) is -3.54. The van der Waals surface area contributed by atoms with Crippen LogP contribution in [0, 0.1) is 0 Å². The van der Waals surface area contributed by atoms with E-state index in [-0.39, 0.29) is 17.4 Å². The molecule has 0 spiro atoms. The maximum Gasteiger partial charge on any atom is 0.416 e. The van der Waals surface area contributed by atoms with Crippen molar-refractivity contribution in [1.82, 2.24) is 5.32 Å². The molecule has 106 valence electrons. The van der Waals surface area contributed by atoms with Crippen molar-refractivity contribution >= 4 is 9.84 Å². The first-order valence-corrected chi connectivity index (χ1v) is 7.69. The zero-order valence-electron chi connectivity index (χ0n) is 10.1. The molecule has 19 heavy (non-hydrogen) atoms. The Labute approximate surface area is 109 Å². The van der Waals surface area contributed by atoms with Gasteiger partial charge in [-0.15, -0.1) is 0 Å². The number of sulfone groups is 1. The minimum Gasteiger partial charge on any atom is -0.313 e. The van der Waals surface area contributed by atoms with Crippen molar-refractivity contribution in [2.24, 2.45) is 0 Å². The van der Waals surface area contributed by atoms with Gasteiger partial charge >= 0.3 is 6.18 Å². The van der Waals surface area contributed by atoms with Crippen molar-refractivity contribution in [2.75, 3.05) is 12.3 Å². The Kier molecular flexibility index (Phi) is 3.87. The molecule has 0 radical (unpaired) electrons. The lowest BCUT2D eigenvalue weighted by molar-refractivity contribution is -0.138. The fourth-order valence-corrected chi connectivity index (χ4v) is 3.76. The molecule has 1 saturated heterocycles. The summed E-state index contributed by atoms with van der Waals surface area (Å²) >= 11 is 0. The molecule has 1 aromatic carbocycles. The molecule has 0 aromatic heterocycles. The largest absolute Gasteiger partial charge is 0.416 e. The van der Waals surface area contributed by atoms with Crippen molar-refractivity contribution < 1.29 is 21.6 Å². The average Bonchev–Trinajstić information content (AvgIpc) is 2.22. The predicted octanol–water partition coefficient (Wildman–Crippen LogP) is 1.98. The Hall–Kier alpha value is -1.08. The molecule has 1 atom stereocenters. The number of alkyl halides is 3. The topological polar surface area (TPSA) is 46.2 Å². The molecule has 3 nitrogen and oxygen atoms in total. The van der Waals surface area contributed by atoms with Gasteiger partial charge in [0.2, 0.25) is 0 Å². The second-order valence-electron chi connectivity index (χ2n) is 4.65. The van der Waals surface area contributed by atoms with Crippen LogP contribution in [0.5, 0.6) is 0 Å². The highest BCUT2D eigenvalue weighted by Crippen LogP contribution is 2.32. The van der Waals surface area contributed by atoms with E-state index in [0.717, 1.165) is 19.0 Å². The van der Waals surface area contributed by atoms with Gasteiger partial charge in [-0.2, -0.15) is 13.2 Å². The summed E-state index contributed by atoms with van der Waals surface area (Å²) in [6, 6.07) is 4.68. The van der Waals surface area contributed by atoms with Crippen LogP contribution in [0.1, 0.15) is 17.5 Å². The molecule has 0 amide bonds. The number of hydrogen-bond donors (Lipinski definition) is 1. The third-order valence-corrected chi connectivity index (χ3v) is 4.74. The highest BCUT2D eigenvalue weighted by Gasteiger charge is 2.34. The van der Waals surface area contributed by atoms with E-state index in [1.54, 1.807) is 0 Å². The quantitative estimate of drug-likeness (QED) is 0.923. The van der Waals surface area contributed by atoms with Crippen molar-refractivity contribution in [3.63, 3.8) is 0 Å².